The molecule has 10 aromatic carbocycles. The van der Waals surface area contributed by atoms with E-state index in [4.69, 9.17) is 4.42 Å². The molecule has 0 unspecified atom stereocenters. The maximum absolute atomic E-state index is 7.00. The average molecular weight is 776 g/mol. The highest BCUT2D eigenvalue weighted by molar-refractivity contribution is 6.18. The molecule has 0 fully saturated rings. The summed E-state index contributed by atoms with van der Waals surface area (Å²) >= 11 is 0. The van der Waals surface area contributed by atoms with Crippen LogP contribution in [0.25, 0.3) is 77.2 Å². The molecule has 2 aliphatic carbocycles. The molecule has 61 heavy (non-hydrogen) atoms. The number of hydrogen-bond donors (Lipinski definition) is 0. The minimum Gasteiger partial charge on any atom is -0.455 e. The Balaban J connectivity index is 1.10. The number of para-hydroxylation sites is 3. The SMILES string of the molecule is c1ccc(-c2ccccc2N(c2ccc3c(c2)C2(c4ccccc4-c4ccccc42)c2ccccc2-3)c2ccccc2-c2cccc3c2oc2c4ccccc4ccc32)cc1. The summed E-state index contributed by atoms with van der Waals surface area (Å²) in [6.07, 6.45) is 0. The molecule has 1 heterocycles. The van der Waals surface area contributed by atoms with Gasteiger partial charge in [-0.05, 0) is 85.8 Å². The van der Waals surface area contributed by atoms with Gasteiger partial charge in [0.25, 0.3) is 0 Å². The van der Waals surface area contributed by atoms with E-state index in [-0.39, 0.29) is 0 Å². The van der Waals surface area contributed by atoms with Crippen LogP contribution in [0.4, 0.5) is 17.1 Å². The number of benzene rings is 10. The lowest BCUT2D eigenvalue weighted by Gasteiger charge is -2.33. The number of nitrogens with zero attached hydrogens (tertiary/aromatic N) is 1. The van der Waals surface area contributed by atoms with Gasteiger partial charge in [-0.3, -0.25) is 0 Å². The lowest BCUT2D eigenvalue weighted by Crippen LogP contribution is -2.26. The molecule has 13 rings (SSSR count). The molecule has 0 atom stereocenters. The Morgan fingerprint density at radius 2 is 0.820 bits per heavy atom. The second-order valence-corrected chi connectivity index (χ2v) is 16.3. The molecule has 284 valence electrons. The fourth-order valence-corrected chi connectivity index (χ4v) is 10.8. The minimum absolute atomic E-state index is 0.470. The van der Waals surface area contributed by atoms with E-state index in [1.807, 2.05) is 0 Å². The summed E-state index contributed by atoms with van der Waals surface area (Å²) in [4.78, 5) is 2.48. The zero-order valence-corrected chi connectivity index (χ0v) is 33.2. The van der Waals surface area contributed by atoms with Crippen molar-refractivity contribution in [2.24, 2.45) is 0 Å². The molecule has 1 aromatic heterocycles. The van der Waals surface area contributed by atoms with E-state index in [0.29, 0.717) is 0 Å². The zero-order valence-electron chi connectivity index (χ0n) is 33.2. The summed E-state index contributed by atoms with van der Waals surface area (Å²) in [6.45, 7) is 0. The van der Waals surface area contributed by atoms with Gasteiger partial charge in [-0.2, -0.15) is 0 Å². The quantitative estimate of drug-likeness (QED) is 0.173. The molecule has 0 saturated carbocycles. The molecule has 0 radical (unpaired) electrons. The molecule has 0 saturated heterocycles. The van der Waals surface area contributed by atoms with Crippen LogP contribution in [-0.4, -0.2) is 0 Å². The summed E-state index contributed by atoms with van der Waals surface area (Å²) < 4.78 is 7.00. The minimum atomic E-state index is -0.470. The Kier molecular flexibility index (Phi) is 7.26. The van der Waals surface area contributed by atoms with E-state index >= 15 is 0 Å². The third-order valence-electron chi connectivity index (χ3n) is 13.3. The highest BCUT2D eigenvalue weighted by Crippen LogP contribution is 2.63. The van der Waals surface area contributed by atoms with Crippen LogP contribution in [0.15, 0.2) is 229 Å². The predicted octanol–water partition coefficient (Wildman–Crippen LogP) is 15.9. The third-order valence-corrected chi connectivity index (χ3v) is 13.3. The van der Waals surface area contributed by atoms with Crippen molar-refractivity contribution in [3.63, 3.8) is 0 Å². The Morgan fingerprint density at radius 3 is 1.52 bits per heavy atom. The van der Waals surface area contributed by atoms with Crippen LogP contribution in [0, 0.1) is 0 Å². The molecular weight excluding hydrogens is 739 g/mol. The van der Waals surface area contributed by atoms with E-state index in [2.05, 4.69) is 229 Å². The Labute approximate surface area is 354 Å². The second-order valence-electron chi connectivity index (χ2n) is 16.3. The van der Waals surface area contributed by atoms with Gasteiger partial charge >= 0.3 is 0 Å². The van der Waals surface area contributed by atoms with Crippen LogP contribution < -0.4 is 4.90 Å². The average Bonchev–Trinajstić information content (AvgIpc) is 3.97. The number of hydrogen-bond acceptors (Lipinski definition) is 2. The third kappa shape index (κ3) is 4.73. The first-order chi connectivity index (χ1) is 30.3. The standard InChI is InChI=1S/C59H37NO/c1-2-17-38(18-3-1)41-20-9-14-31-55(41)60(56-32-15-10-25-47(56)48-26-16-27-49-50-35-33-39-19-4-5-21-42(39)57(50)61-58(48)49)40-34-36-46-45-24-8-13-30-53(45)59(54(46)37-40)51-28-11-6-22-43(51)44-23-7-12-29-52(44)59/h1-37H. The molecule has 0 bridgehead atoms. The first-order valence-corrected chi connectivity index (χ1v) is 21.1. The topological polar surface area (TPSA) is 16.4 Å². The first kappa shape index (κ1) is 34.0. The van der Waals surface area contributed by atoms with E-state index in [0.717, 1.165) is 66.6 Å². The molecular formula is C59H37NO. The van der Waals surface area contributed by atoms with Crippen molar-refractivity contribution < 1.29 is 4.42 Å². The molecule has 0 amide bonds. The summed E-state index contributed by atoms with van der Waals surface area (Å²) in [7, 11) is 0. The van der Waals surface area contributed by atoms with Gasteiger partial charge < -0.3 is 9.32 Å². The van der Waals surface area contributed by atoms with Gasteiger partial charge in [-0.25, -0.2) is 0 Å². The Bertz CT molecular complexity index is 3490. The van der Waals surface area contributed by atoms with Crippen molar-refractivity contribution in [2.45, 2.75) is 5.41 Å². The second kappa shape index (κ2) is 13.0. The number of fused-ring (bicyclic) bond motifs is 15. The van der Waals surface area contributed by atoms with E-state index < -0.39 is 5.41 Å². The molecule has 2 aliphatic rings. The number of rotatable bonds is 5. The molecule has 0 N–H and O–H groups in total. The number of furan rings is 1. The highest BCUT2D eigenvalue weighted by atomic mass is 16.3. The van der Waals surface area contributed by atoms with Crippen LogP contribution in [0.1, 0.15) is 22.3 Å². The summed E-state index contributed by atoms with van der Waals surface area (Å²) in [6, 6.07) is 82.2. The summed E-state index contributed by atoms with van der Waals surface area (Å²) in [5, 5.41) is 4.53. The Morgan fingerprint density at radius 1 is 0.311 bits per heavy atom. The predicted molar refractivity (Wildman–Crippen MR) is 253 cm³/mol. The van der Waals surface area contributed by atoms with Gasteiger partial charge in [0, 0.05) is 38.5 Å². The van der Waals surface area contributed by atoms with Gasteiger partial charge in [-0.1, -0.05) is 194 Å². The lowest BCUT2D eigenvalue weighted by molar-refractivity contribution is 0.674. The fraction of sp³-hybridized carbons (Fsp3) is 0.0169. The van der Waals surface area contributed by atoms with Crippen molar-refractivity contribution in [1.82, 2.24) is 0 Å². The normalized spacial score (nSPS) is 13.0. The van der Waals surface area contributed by atoms with Crippen LogP contribution in [0.2, 0.25) is 0 Å². The van der Waals surface area contributed by atoms with Crippen molar-refractivity contribution in [3.05, 3.63) is 247 Å². The highest BCUT2D eigenvalue weighted by Gasteiger charge is 2.51. The molecule has 11 aromatic rings. The van der Waals surface area contributed by atoms with Crippen molar-refractivity contribution >= 4 is 49.8 Å². The monoisotopic (exact) mass is 775 g/mol. The summed E-state index contributed by atoms with van der Waals surface area (Å²) in [5.41, 5.74) is 19.5. The van der Waals surface area contributed by atoms with Crippen LogP contribution >= 0.6 is 0 Å². The maximum atomic E-state index is 7.00. The van der Waals surface area contributed by atoms with E-state index in [1.54, 1.807) is 0 Å². The molecule has 0 aliphatic heterocycles. The van der Waals surface area contributed by atoms with Crippen LogP contribution in [0.3, 0.4) is 0 Å². The van der Waals surface area contributed by atoms with Gasteiger partial charge in [0.1, 0.15) is 11.2 Å². The van der Waals surface area contributed by atoms with Crippen molar-refractivity contribution in [2.75, 3.05) is 4.90 Å². The summed E-state index contributed by atoms with van der Waals surface area (Å²) in [5.74, 6) is 0. The largest absolute Gasteiger partial charge is 0.455 e. The van der Waals surface area contributed by atoms with Crippen molar-refractivity contribution in [3.8, 4) is 44.5 Å². The van der Waals surface area contributed by atoms with E-state index in [1.165, 1.54) is 49.9 Å². The van der Waals surface area contributed by atoms with Gasteiger partial charge in [0.05, 0.1) is 16.8 Å². The van der Waals surface area contributed by atoms with E-state index in [9.17, 15) is 0 Å². The zero-order chi connectivity index (χ0) is 40.1. The van der Waals surface area contributed by atoms with Crippen molar-refractivity contribution in [1.29, 1.82) is 0 Å². The smallest absolute Gasteiger partial charge is 0.143 e. The first-order valence-electron chi connectivity index (χ1n) is 21.1. The lowest BCUT2D eigenvalue weighted by atomic mass is 9.70. The maximum Gasteiger partial charge on any atom is 0.143 e. The van der Waals surface area contributed by atoms with Crippen LogP contribution in [-0.2, 0) is 5.41 Å². The van der Waals surface area contributed by atoms with Crippen LogP contribution in [0.5, 0.6) is 0 Å². The molecule has 2 nitrogen and oxygen atoms in total. The van der Waals surface area contributed by atoms with Gasteiger partial charge in [0.15, 0.2) is 0 Å². The Hall–Kier alpha value is -7.94. The van der Waals surface area contributed by atoms with Gasteiger partial charge in [-0.15, -0.1) is 0 Å². The molecule has 1 spiro atoms. The fourth-order valence-electron chi connectivity index (χ4n) is 10.8. The molecule has 2 heteroatoms. The number of anilines is 3. The van der Waals surface area contributed by atoms with Gasteiger partial charge in [0.2, 0.25) is 0 Å².